The Morgan fingerprint density at radius 2 is 1.00 bits per heavy atom. The van der Waals surface area contributed by atoms with Gasteiger partial charge in [0.05, 0.1) is 25.4 Å². The number of aliphatic hydroxyl groups excluding tert-OH is 5. The molecular weight excluding hydrogens is 907 g/mol. The maximum atomic E-state index is 13.4. The quantitative estimate of drug-likeness (QED) is 0.0195. The summed E-state index contributed by atoms with van der Waals surface area (Å²) in [6, 6.07) is -1.02. The lowest BCUT2D eigenvalue weighted by Crippen LogP contribution is -2.61. The SMILES string of the molecule is CC/C=C/C/C=C/CCCCCCCCC(O)C(=O)NC(COC1OC(CO)C(O)C(O)C1OC(=O)CCCCCCCCCCCCCCCCCCC)C(O)/C=C/CCCCCCCCCCCCC. The van der Waals surface area contributed by atoms with E-state index in [0.29, 0.717) is 12.8 Å². The van der Waals surface area contributed by atoms with Crippen molar-refractivity contribution in [3.05, 3.63) is 36.5 Å². The van der Waals surface area contributed by atoms with Crippen LogP contribution < -0.4 is 5.32 Å². The highest BCUT2D eigenvalue weighted by molar-refractivity contribution is 5.80. The number of aliphatic hydroxyl groups is 5. The van der Waals surface area contributed by atoms with Gasteiger partial charge in [-0.1, -0.05) is 256 Å². The average Bonchev–Trinajstić information content (AvgIpc) is 3.38. The molecule has 8 atom stereocenters. The summed E-state index contributed by atoms with van der Waals surface area (Å²) >= 11 is 0. The van der Waals surface area contributed by atoms with Crippen LogP contribution in [0.2, 0.25) is 0 Å². The van der Waals surface area contributed by atoms with Crippen LogP contribution in [0.15, 0.2) is 36.5 Å². The van der Waals surface area contributed by atoms with Crippen LogP contribution in [0.4, 0.5) is 0 Å². The van der Waals surface area contributed by atoms with Crippen molar-refractivity contribution in [2.24, 2.45) is 0 Å². The van der Waals surface area contributed by atoms with Crippen molar-refractivity contribution in [1.29, 1.82) is 0 Å². The van der Waals surface area contributed by atoms with Crippen LogP contribution in [-0.2, 0) is 23.8 Å². The van der Waals surface area contributed by atoms with Gasteiger partial charge in [-0.15, -0.1) is 0 Å². The first-order valence-corrected chi connectivity index (χ1v) is 30.3. The van der Waals surface area contributed by atoms with Gasteiger partial charge in [0.15, 0.2) is 12.4 Å². The molecule has 1 rings (SSSR count). The molecule has 1 heterocycles. The van der Waals surface area contributed by atoms with Crippen LogP contribution in [0.5, 0.6) is 0 Å². The Bertz CT molecular complexity index is 1310. The van der Waals surface area contributed by atoms with E-state index in [1.807, 2.05) is 6.08 Å². The topological polar surface area (TPSA) is 175 Å². The first-order chi connectivity index (χ1) is 35.2. The molecule has 0 aromatic heterocycles. The third-order valence-electron chi connectivity index (χ3n) is 14.3. The fourth-order valence-corrected chi connectivity index (χ4v) is 9.51. The lowest BCUT2D eigenvalue weighted by atomic mass is 9.99. The smallest absolute Gasteiger partial charge is 0.306 e. The number of hydrogen-bond donors (Lipinski definition) is 6. The molecule has 11 nitrogen and oxygen atoms in total. The number of unbranched alkanes of at least 4 members (excludes halogenated alkanes) is 33. The van der Waals surface area contributed by atoms with Crippen molar-refractivity contribution in [2.45, 2.75) is 327 Å². The summed E-state index contributed by atoms with van der Waals surface area (Å²) in [5.74, 6) is -1.19. The molecule has 0 bridgehead atoms. The first kappa shape index (κ1) is 67.9. The van der Waals surface area contributed by atoms with Gasteiger partial charge >= 0.3 is 5.97 Å². The maximum Gasteiger partial charge on any atom is 0.306 e. The van der Waals surface area contributed by atoms with Gasteiger partial charge in [-0.2, -0.15) is 0 Å². The molecular formula is C61H113NO10. The molecule has 0 aromatic carbocycles. The van der Waals surface area contributed by atoms with Crippen molar-refractivity contribution >= 4 is 11.9 Å². The summed E-state index contributed by atoms with van der Waals surface area (Å²) in [6.45, 7) is 5.69. The third-order valence-corrected chi connectivity index (χ3v) is 14.3. The van der Waals surface area contributed by atoms with Gasteiger partial charge in [-0.05, 0) is 51.4 Å². The molecule has 1 saturated heterocycles. The van der Waals surface area contributed by atoms with Crippen LogP contribution in [0.25, 0.3) is 0 Å². The Kier molecular flexibility index (Phi) is 46.9. The highest BCUT2D eigenvalue weighted by Gasteiger charge is 2.47. The van der Waals surface area contributed by atoms with Crippen LogP contribution in [0.1, 0.15) is 278 Å². The Labute approximate surface area is 441 Å². The zero-order valence-electron chi connectivity index (χ0n) is 46.6. The first-order valence-electron chi connectivity index (χ1n) is 30.3. The number of rotatable bonds is 51. The number of ether oxygens (including phenoxy) is 3. The van der Waals surface area contributed by atoms with E-state index in [1.165, 1.54) is 141 Å². The van der Waals surface area contributed by atoms with E-state index in [0.717, 1.165) is 89.9 Å². The number of carbonyl (C=O) groups is 2. The molecule has 6 N–H and O–H groups in total. The summed E-state index contributed by atoms with van der Waals surface area (Å²) < 4.78 is 17.6. The number of esters is 1. The molecule has 0 radical (unpaired) electrons. The third kappa shape index (κ3) is 37.6. The molecule has 0 aliphatic carbocycles. The fraction of sp³-hybridized carbons (Fsp3) is 0.869. The summed E-state index contributed by atoms with van der Waals surface area (Å²) in [7, 11) is 0. The van der Waals surface area contributed by atoms with E-state index in [4.69, 9.17) is 14.2 Å². The Morgan fingerprint density at radius 1 is 0.556 bits per heavy atom. The summed E-state index contributed by atoms with van der Waals surface area (Å²) in [4.78, 5) is 26.5. The van der Waals surface area contributed by atoms with Gasteiger partial charge in [0.1, 0.15) is 24.4 Å². The zero-order chi connectivity index (χ0) is 52.5. The Morgan fingerprint density at radius 3 is 1.49 bits per heavy atom. The number of carbonyl (C=O) groups excluding carboxylic acids is 2. The Balaban J connectivity index is 2.70. The van der Waals surface area contributed by atoms with E-state index in [2.05, 4.69) is 50.4 Å². The second kappa shape index (κ2) is 49.7. The predicted octanol–water partition coefficient (Wildman–Crippen LogP) is 13.9. The van der Waals surface area contributed by atoms with Gasteiger partial charge in [-0.3, -0.25) is 9.59 Å². The molecule has 1 aliphatic rings. The van der Waals surface area contributed by atoms with Crippen molar-refractivity contribution in [3.8, 4) is 0 Å². The van der Waals surface area contributed by atoms with Gasteiger partial charge < -0.3 is 45.1 Å². The minimum atomic E-state index is -1.61. The van der Waals surface area contributed by atoms with E-state index < -0.39 is 67.4 Å². The number of allylic oxidation sites excluding steroid dienone is 5. The molecule has 0 aromatic rings. The molecule has 72 heavy (non-hydrogen) atoms. The molecule has 1 fully saturated rings. The number of amides is 1. The molecule has 8 unspecified atom stereocenters. The molecule has 11 heteroatoms. The van der Waals surface area contributed by atoms with E-state index >= 15 is 0 Å². The van der Waals surface area contributed by atoms with Crippen molar-refractivity contribution < 1.29 is 49.3 Å². The highest BCUT2D eigenvalue weighted by atomic mass is 16.7. The van der Waals surface area contributed by atoms with Gasteiger partial charge in [0, 0.05) is 6.42 Å². The number of nitrogens with one attached hydrogen (secondary N) is 1. The van der Waals surface area contributed by atoms with E-state index in [1.54, 1.807) is 6.08 Å². The van der Waals surface area contributed by atoms with Gasteiger partial charge in [0.25, 0.3) is 0 Å². The van der Waals surface area contributed by atoms with E-state index in [-0.39, 0.29) is 19.4 Å². The summed E-state index contributed by atoms with van der Waals surface area (Å²) in [5, 5.41) is 56.9. The normalized spacial score (nSPS) is 19.7. The lowest BCUT2D eigenvalue weighted by Gasteiger charge is -2.41. The molecule has 1 amide bonds. The highest BCUT2D eigenvalue weighted by Crippen LogP contribution is 2.26. The summed E-state index contributed by atoms with van der Waals surface area (Å²) in [5.41, 5.74) is 0. The van der Waals surface area contributed by atoms with Crippen molar-refractivity contribution in [3.63, 3.8) is 0 Å². The van der Waals surface area contributed by atoms with Crippen LogP contribution in [0, 0.1) is 0 Å². The molecule has 0 spiro atoms. The van der Waals surface area contributed by atoms with Crippen molar-refractivity contribution in [2.75, 3.05) is 13.2 Å². The fourth-order valence-electron chi connectivity index (χ4n) is 9.51. The van der Waals surface area contributed by atoms with Crippen LogP contribution in [-0.4, -0.2) is 99.6 Å². The van der Waals surface area contributed by atoms with Crippen molar-refractivity contribution in [1.82, 2.24) is 5.32 Å². The van der Waals surface area contributed by atoms with Crippen LogP contribution >= 0.6 is 0 Å². The molecule has 422 valence electrons. The Hall–Kier alpha value is -2.12. The zero-order valence-corrected chi connectivity index (χ0v) is 46.6. The van der Waals surface area contributed by atoms with Gasteiger partial charge in [-0.25, -0.2) is 0 Å². The predicted molar refractivity (Wildman–Crippen MR) is 297 cm³/mol. The largest absolute Gasteiger partial charge is 0.454 e. The summed E-state index contributed by atoms with van der Waals surface area (Å²) in [6.07, 6.45) is 47.5. The monoisotopic (exact) mass is 1020 g/mol. The standard InChI is InChI=1S/C61H113NO10/c1-4-7-10-13-16-19-22-25-26-27-28-31-34-37-40-43-46-49-56(66)72-59-58(68)57(67)55(50-63)71-61(59)70-51-52(53(64)47-44-41-38-35-32-29-23-20-17-14-11-8-5-2)62-60(69)54(65)48-45-42-39-36-33-30-24-21-18-15-12-9-6-3/h9,12,18,21,44,47,52-55,57-59,61,63-65,67-68H,4-8,10-11,13-17,19-20,22-43,45-46,48-51H2,1-3H3,(H,62,69)/b12-9+,21-18+,47-44+. The average molecular weight is 1020 g/mol. The maximum absolute atomic E-state index is 13.4. The number of hydrogen-bond acceptors (Lipinski definition) is 10. The second-order valence-corrected chi connectivity index (χ2v) is 21.1. The lowest BCUT2D eigenvalue weighted by molar-refractivity contribution is -0.305. The molecule has 1 aliphatic heterocycles. The molecule has 0 saturated carbocycles. The minimum Gasteiger partial charge on any atom is -0.454 e. The van der Waals surface area contributed by atoms with Gasteiger partial charge in [0.2, 0.25) is 5.91 Å². The van der Waals surface area contributed by atoms with Crippen LogP contribution in [0.3, 0.4) is 0 Å². The minimum absolute atomic E-state index is 0.127. The van der Waals surface area contributed by atoms with E-state index in [9.17, 15) is 35.1 Å². The second-order valence-electron chi connectivity index (χ2n) is 21.1.